The SMILES string of the molecule is CCCOc1ccccc1C(O)C1CCCCS1. The van der Waals surface area contributed by atoms with Gasteiger partial charge >= 0.3 is 0 Å². The fraction of sp³-hybridized carbons (Fsp3) is 0.600. The van der Waals surface area contributed by atoms with Crippen LogP contribution in [0.4, 0.5) is 0 Å². The Hall–Kier alpha value is -0.670. The molecule has 2 atom stereocenters. The Morgan fingerprint density at radius 2 is 2.22 bits per heavy atom. The molecular weight excluding hydrogens is 244 g/mol. The number of aliphatic hydroxyl groups is 1. The van der Waals surface area contributed by atoms with Gasteiger partial charge in [0.25, 0.3) is 0 Å². The first-order chi connectivity index (χ1) is 8.83. The lowest BCUT2D eigenvalue weighted by molar-refractivity contribution is 0.162. The number of rotatable bonds is 5. The molecule has 18 heavy (non-hydrogen) atoms. The largest absolute Gasteiger partial charge is 0.493 e. The Bertz CT molecular complexity index is 361. The van der Waals surface area contributed by atoms with Crippen molar-refractivity contribution in [2.45, 2.75) is 44.0 Å². The number of thioether (sulfide) groups is 1. The molecule has 0 aliphatic carbocycles. The lowest BCUT2D eigenvalue weighted by Gasteiger charge is -2.27. The van der Waals surface area contributed by atoms with E-state index in [-0.39, 0.29) is 0 Å². The standard InChI is InChI=1S/C15H22O2S/c1-2-10-17-13-8-4-3-7-12(13)15(16)14-9-5-6-11-18-14/h3-4,7-8,14-16H,2,5-6,9-11H2,1H3. The summed E-state index contributed by atoms with van der Waals surface area (Å²) in [5, 5.41) is 10.8. The van der Waals surface area contributed by atoms with Gasteiger partial charge in [-0.15, -0.1) is 0 Å². The van der Waals surface area contributed by atoms with Gasteiger partial charge < -0.3 is 9.84 Å². The molecule has 1 aliphatic rings. The van der Waals surface area contributed by atoms with Crippen LogP contribution in [0.2, 0.25) is 0 Å². The van der Waals surface area contributed by atoms with Gasteiger partial charge in [-0.05, 0) is 31.1 Å². The van der Waals surface area contributed by atoms with Crippen molar-refractivity contribution in [2.75, 3.05) is 12.4 Å². The zero-order chi connectivity index (χ0) is 12.8. The molecule has 2 nitrogen and oxygen atoms in total. The van der Waals surface area contributed by atoms with E-state index in [0.29, 0.717) is 11.9 Å². The summed E-state index contributed by atoms with van der Waals surface area (Å²) in [6.45, 7) is 2.80. The van der Waals surface area contributed by atoms with E-state index in [4.69, 9.17) is 4.74 Å². The zero-order valence-electron chi connectivity index (χ0n) is 11.0. The van der Waals surface area contributed by atoms with E-state index < -0.39 is 6.10 Å². The van der Waals surface area contributed by atoms with Crippen LogP contribution in [0.1, 0.15) is 44.3 Å². The summed E-state index contributed by atoms with van der Waals surface area (Å²) in [5.41, 5.74) is 0.949. The van der Waals surface area contributed by atoms with Crippen molar-refractivity contribution in [1.82, 2.24) is 0 Å². The third kappa shape index (κ3) is 3.42. The summed E-state index contributed by atoms with van der Waals surface area (Å²) in [6.07, 6.45) is 4.20. The molecule has 0 radical (unpaired) electrons. The van der Waals surface area contributed by atoms with Crippen LogP contribution in [-0.2, 0) is 0 Å². The van der Waals surface area contributed by atoms with Crippen LogP contribution in [-0.4, -0.2) is 22.7 Å². The third-order valence-corrected chi connectivity index (χ3v) is 4.71. The Morgan fingerprint density at radius 1 is 1.39 bits per heavy atom. The smallest absolute Gasteiger partial charge is 0.125 e. The highest BCUT2D eigenvalue weighted by Crippen LogP contribution is 2.37. The Balaban J connectivity index is 2.10. The van der Waals surface area contributed by atoms with Crippen molar-refractivity contribution in [3.05, 3.63) is 29.8 Å². The molecule has 1 heterocycles. The Kier molecular flexibility index (Phi) is 5.39. The maximum Gasteiger partial charge on any atom is 0.125 e. The van der Waals surface area contributed by atoms with Crippen molar-refractivity contribution in [1.29, 1.82) is 0 Å². The van der Waals surface area contributed by atoms with Gasteiger partial charge in [0.2, 0.25) is 0 Å². The third-order valence-electron chi connectivity index (χ3n) is 3.27. The van der Waals surface area contributed by atoms with Crippen LogP contribution in [0.5, 0.6) is 5.75 Å². The summed E-state index contributed by atoms with van der Waals surface area (Å²) in [4.78, 5) is 0. The minimum Gasteiger partial charge on any atom is -0.493 e. The lowest BCUT2D eigenvalue weighted by Crippen LogP contribution is -2.19. The van der Waals surface area contributed by atoms with Gasteiger partial charge in [-0.1, -0.05) is 31.5 Å². The van der Waals surface area contributed by atoms with Crippen molar-refractivity contribution >= 4 is 11.8 Å². The van der Waals surface area contributed by atoms with Crippen LogP contribution in [0, 0.1) is 0 Å². The maximum absolute atomic E-state index is 10.5. The highest BCUT2D eigenvalue weighted by Gasteiger charge is 2.25. The van der Waals surface area contributed by atoms with Crippen molar-refractivity contribution in [2.24, 2.45) is 0 Å². The second-order valence-corrected chi connectivity index (χ2v) is 6.08. The summed E-state index contributed by atoms with van der Waals surface area (Å²) in [6, 6.07) is 7.90. The van der Waals surface area contributed by atoms with Gasteiger partial charge in [-0.2, -0.15) is 11.8 Å². The minimum absolute atomic E-state index is 0.324. The molecular formula is C15H22O2S. The van der Waals surface area contributed by atoms with E-state index in [1.165, 1.54) is 18.6 Å². The summed E-state index contributed by atoms with van der Waals surface area (Å²) >= 11 is 1.89. The molecule has 0 spiro atoms. The van der Waals surface area contributed by atoms with Crippen molar-refractivity contribution in [3.8, 4) is 5.75 Å². The molecule has 2 rings (SSSR count). The molecule has 1 fully saturated rings. The predicted molar refractivity (Wildman–Crippen MR) is 77.3 cm³/mol. The molecule has 1 aromatic carbocycles. The molecule has 3 heteroatoms. The van der Waals surface area contributed by atoms with Gasteiger partial charge in [0, 0.05) is 10.8 Å². The van der Waals surface area contributed by atoms with E-state index in [0.717, 1.165) is 24.2 Å². The minimum atomic E-state index is -0.400. The number of hydrogen-bond acceptors (Lipinski definition) is 3. The second kappa shape index (κ2) is 7.05. The van der Waals surface area contributed by atoms with Gasteiger partial charge in [-0.25, -0.2) is 0 Å². The van der Waals surface area contributed by atoms with E-state index in [9.17, 15) is 5.11 Å². The van der Waals surface area contributed by atoms with Crippen LogP contribution in [0.3, 0.4) is 0 Å². The van der Waals surface area contributed by atoms with E-state index in [2.05, 4.69) is 6.92 Å². The molecule has 2 unspecified atom stereocenters. The molecule has 0 amide bonds. The molecule has 1 saturated heterocycles. The van der Waals surface area contributed by atoms with E-state index in [1.807, 2.05) is 36.0 Å². The molecule has 0 bridgehead atoms. The van der Waals surface area contributed by atoms with E-state index in [1.54, 1.807) is 0 Å². The molecule has 0 aromatic heterocycles. The topological polar surface area (TPSA) is 29.5 Å². The maximum atomic E-state index is 10.5. The summed E-state index contributed by atoms with van der Waals surface area (Å²) in [7, 11) is 0. The first kappa shape index (κ1) is 13.8. The Morgan fingerprint density at radius 3 is 2.94 bits per heavy atom. The summed E-state index contributed by atoms with van der Waals surface area (Å²) < 4.78 is 5.73. The van der Waals surface area contributed by atoms with Gasteiger partial charge in [0.05, 0.1) is 12.7 Å². The number of ether oxygens (including phenoxy) is 1. The first-order valence-electron chi connectivity index (χ1n) is 6.84. The predicted octanol–water partition coefficient (Wildman–Crippen LogP) is 3.79. The van der Waals surface area contributed by atoms with Crippen molar-refractivity contribution < 1.29 is 9.84 Å². The van der Waals surface area contributed by atoms with Crippen LogP contribution in [0.25, 0.3) is 0 Å². The summed E-state index contributed by atoms with van der Waals surface area (Å²) in [5.74, 6) is 2.01. The number of hydrogen-bond donors (Lipinski definition) is 1. The van der Waals surface area contributed by atoms with Crippen LogP contribution in [0.15, 0.2) is 24.3 Å². The highest BCUT2D eigenvalue weighted by molar-refractivity contribution is 7.99. The number of para-hydroxylation sites is 1. The second-order valence-electron chi connectivity index (χ2n) is 4.74. The first-order valence-corrected chi connectivity index (χ1v) is 7.89. The zero-order valence-corrected chi connectivity index (χ0v) is 11.8. The molecule has 1 aliphatic heterocycles. The molecule has 1 aromatic rings. The van der Waals surface area contributed by atoms with Crippen LogP contribution >= 0.6 is 11.8 Å². The molecule has 0 saturated carbocycles. The van der Waals surface area contributed by atoms with Gasteiger partial charge in [0.1, 0.15) is 5.75 Å². The normalized spacial score (nSPS) is 21.6. The van der Waals surface area contributed by atoms with E-state index >= 15 is 0 Å². The van der Waals surface area contributed by atoms with Gasteiger partial charge in [-0.3, -0.25) is 0 Å². The highest BCUT2D eigenvalue weighted by atomic mass is 32.2. The fourth-order valence-electron chi connectivity index (χ4n) is 2.28. The molecule has 1 N–H and O–H groups in total. The quantitative estimate of drug-likeness (QED) is 0.879. The number of benzene rings is 1. The number of aliphatic hydroxyl groups excluding tert-OH is 1. The van der Waals surface area contributed by atoms with Gasteiger partial charge in [0.15, 0.2) is 0 Å². The monoisotopic (exact) mass is 266 g/mol. The molecule has 100 valence electrons. The van der Waals surface area contributed by atoms with Crippen molar-refractivity contribution in [3.63, 3.8) is 0 Å². The fourth-order valence-corrected chi connectivity index (χ4v) is 3.62. The average Bonchev–Trinajstić information content (AvgIpc) is 2.45. The lowest BCUT2D eigenvalue weighted by atomic mass is 10.0. The Labute approximate surface area is 114 Å². The average molecular weight is 266 g/mol. The van der Waals surface area contributed by atoms with Crippen LogP contribution < -0.4 is 4.74 Å².